The van der Waals surface area contributed by atoms with Crippen molar-refractivity contribution in [2.45, 2.75) is 182 Å². The van der Waals surface area contributed by atoms with Gasteiger partial charge >= 0.3 is 0 Å². The maximum atomic E-state index is 5.83. The molecule has 0 aliphatic heterocycles. The zero-order valence-corrected chi connectivity index (χ0v) is 30.5. The van der Waals surface area contributed by atoms with Crippen LogP contribution in [0.3, 0.4) is 0 Å². The lowest BCUT2D eigenvalue weighted by Crippen LogP contribution is -2.39. The lowest BCUT2D eigenvalue weighted by Gasteiger charge is -2.32. The summed E-state index contributed by atoms with van der Waals surface area (Å²) < 4.78 is 35.0. The van der Waals surface area contributed by atoms with Crippen LogP contribution < -0.4 is 0 Å². The SMILES string of the molecule is CCOC(CCCCCCCCCCCSCCCCCCCCCCCC(OCC)(OCC)OCC)(OCC)OCC. The van der Waals surface area contributed by atoms with Crippen LogP contribution in [0.4, 0.5) is 0 Å². The van der Waals surface area contributed by atoms with Gasteiger partial charge in [-0.25, -0.2) is 0 Å². The number of rotatable bonds is 36. The highest BCUT2D eigenvalue weighted by Gasteiger charge is 2.32. The summed E-state index contributed by atoms with van der Waals surface area (Å²) in [6.07, 6.45) is 25.5. The number of thioether (sulfide) groups is 1. The second kappa shape index (κ2) is 32.1. The largest absolute Gasteiger partial charge is 0.328 e. The average Bonchev–Trinajstić information content (AvgIpc) is 2.98. The fraction of sp³-hybridized carbons (Fsp3) is 1.00. The molecule has 0 bridgehead atoms. The molecule has 0 aromatic heterocycles. The van der Waals surface area contributed by atoms with E-state index in [1.165, 1.54) is 114 Å². The summed E-state index contributed by atoms with van der Waals surface area (Å²) in [5.41, 5.74) is 0. The second-order valence-electron chi connectivity index (χ2n) is 11.4. The molecule has 43 heavy (non-hydrogen) atoms. The molecule has 0 saturated carbocycles. The molecule has 0 aromatic carbocycles. The third kappa shape index (κ3) is 24.9. The molecule has 0 fully saturated rings. The molecule has 0 N–H and O–H groups in total. The summed E-state index contributed by atoms with van der Waals surface area (Å²) in [5, 5.41) is 0. The zero-order valence-electron chi connectivity index (χ0n) is 29.7. The quantitative estimate of drug-likeness (QED) is 0.0502. The van der Waals surface area contributed by atoms with Gasteiger partial charge < -0.3 is 28.4 Å². The van der Waals surface area contributed by atoms with Crippen LogP contribution in [0.15, 0.2) is 0 Å². The Morgan fingerprint density at radius 2 is 0.512 bits per heavy atom. The summed E-state index contributed by atoms with van der Waals surface area (Å²) >= 11 is 2.17. The summed E-state index contributed by atoms with van der Waals surface area (Å²) in [7, 11) is 0. The van der Waals surface area contributed by atoms with Gasteiger partial charge in [-0.15, -0.1) is 0 Å². The molecule has 0 spiro atoms. The van der Waals surface area contributed by atoms with Crippen molar-refractivity contribution in [2.24, 2.45) is 0 Å². The van der Waals surface area contributed by atoms with Gasteiger partial charge in [0, 0.05) is 52.5 Å². The van der Waals surface area contributed by atoms with Gasteiger partial charge in [-0.2, -0.15) is 11.8 Å². The minimum atomic E-state index is -0.828. The standard InChI is InChI=1S/C36H74O6S/c1-7-37-35(38-8-2,39-9-3)31-27-23-19-15-13-17-21-25-29-33-43-34-30-26-22-18-14-16-20-24-28-32-36(40-10-4,41-11-5)42-12-6/h7-34H2,1-6H3. The predicted octanol–water partition coefficient (Wildman–Crippen LogP) is 11.0. The third-order valence-corrected chi connectivity index (χ3v) is 8.88. The molecule has 0 aliphatic carbocycles. The van der Waals surface area contributed by atoms with E-state index in [-0.39, 0.29) is 0 Å². The van der Waals surface area contributed by atoms with E-state index >= 15 is 0 Å². The van der Waals surface area contributed by atoms with Crippen LogP contribution in [0.1, 0.15) is 170 Å². The normalized spacial score (nSPS) is 12.4. The Hall–Kier alpha value is 0.110. The van der Waals surface area contributed by atoms with Crippen LogP contribution in [0, 0.1) is 0 Å². The lowest BCUT2D eigenvalue weighted by molar-refractivity contribution is -0.380. The summed E-state index contributed by atoms with van der Waals surface area (Å²) in [6.45, 7) is 15.7. The Morgan fingerprint density at radius 3 is 0.744 bits per heavy atom. The van der Waals surface area contributed by atoms with E-state index in [2.05, 4.69) is 11.8 Å². The highest BCUT2D eigenvalue weighted by Crippen LogP contribution is 2.25. The zero-order chi connectivity index (χ0) is 31.7. The van der Waals surface area contributed by atoms with Gasteiger partial charge in [-0.1, -0.05) is 89.9 Å². The van der Waals surface area contributed by atoms with Crippen molar-refractivity contribution in [2.75, 3.05) is 51.1 Å². The van der Waals surface area contributed by atoms with Gasteiger partial charge in [0.05, 0.1) is 0 Å². The monoisotopic (exact) mass is 635 g/mol. The topological polar surface area (TPSA) is 55.4 Å². The number of hydrogen-bond acceptors (Lipinski definition) is 7. The van der Waals surface area contributed by atoms with Crippen LogP contribution in [0.2, 0.25) is 0 Å². The van der Waals surface area contributed by atoms with Crippen molar-refractivity contribution in [1.29, 1.82) is 0 Å². The highest BCUT2D eigenvalue weighted by atomic mass is 32.2. The number of hydrogen-bond donors (Lipinski definition) is 0. The predicted molar refractivity (Wildman–Crippen MR) is 185 cm³/mol. The van der Waals surface area contributed by atoms with Gasteiger partial charge in [0.2, 0.25) is 0 Å². The van der Waals surface area contributed by atoms with Gasteiger partial charge in [-0.05, 0) is 78.7 Å². The molecule has 0 aliphatic rings. The van der Waals surface area contributed by atoms with Crippen molar-refractivity contribution in [3.8, 4) is 0 Å². The highest BCUT2D eigenvalue weighted by molar-refractivity contribution is 7.99. The van der Waals surface area contributed by atoms with Crippen molar-refractivity contribution >= 4 is 11.8 Å². The van der Waals surface area contributed by atoms with E-state index in [0.29, 0.717) is 39.6 Å². The van der Waals surface area contributed by atoms with E-state index in [0.717, 1.165) is 25.7 Å². The average molecular weight is 635 g/mol. The van der Waals surface area contributed by atoms with Crippen LogP contribution >= 0.6 is 11.8 Å². The van der Waals surface area contributed by atoms with E-state index in [4.69, 9.17) is 28.4 Å². The molecule has 0 radical (unpaired) electrons. The van der Waals surface area contributed by atoms with E-state index < -0.39 is 11.9 Å². The minimum Gasteiger partial charge on any atom is -0.328 e. The Morgan fingerprint density at radius 1 is 0.302 bits per heavy atom. The van der Waals surface area contributed by atoms with Gasteiger partial charge in [-0.3, -0.25) is 0 Å². The minimum absolute atomic E-state index is 0.615. The summed E-state index contributed by atoms with van der Waals surface area (Å²) in [4.78, 5) is 0. The first-order valence-corrected chi connectivity index (χ1v) is 19.6. The van der Waals surface area contributed by atoms with Crippen molar-refractivity contribution < 1.29 is 28.4 Å². The fourth-order valence-corrected chi connectivity index (χ4v) is 6.69. The van der Waals surface area contributed by atoms with Crippen LogP contribution in [0.5, 0.6) is 0 Å². The summed E-state index contributed by atoms with van der Waals surface area (Å²) in [5.74, 6) is 1.03. The van der Waals surface area contributed by atoms with Gasteiger partial charge in [0.1, 0.15) is 0 Å². The Labute approximate surface area is 272 Å². The van der Waals surface area contributed by atoms with E-state index in [1.807, 2.05) is 41.5 Å². The van der Waals surface area contributed by atoms with Crippen LogP contribution in [-0.4, -0.2) is 63.1 Å². The molecular formula is C36H74O6S. The Bertz CT molecular complexity index is 470. The number of unbranched alkanes of at least 4 members (excludes halogenated alkanes) is 16. The number of ether oxygens (including phenoxy) is 6. The van der Waals surface area contributed by atoms with E-state index in [1.54, 1.807) is 0 Å². The second-order valence-corrected chi connectivity index (χ2v) is 12.7. The first-order chi connectivity index (χ1) is 21.1. The molecule has 0 amide bonds. The first kappa shape index (κ1) is 43.1. The molecule has 0 heterocycles. The smallest absolute Gasteiger partial charge is 0.282 e. The van der Waals surface area contributed by atoms with Crippen molar-refractivity contribution in [3.63, 3.8) is 0 Å². The molecule has 0 saturated heterocycles. The Balaban J connectivity index is 3.47. The van der Waals surface area contributed by atoms with Crippen LogP contribution in [0.25, 0.3) is 0 Å². The molecule has 0 atom stereocenters. The Kier molecular flexibility index (Phi) is 32.1. The molecule has 6 nitrogen and oxygen atoms in total. The maximum Gasteiger partial charge on any atom is 0.282 e. The van der Waals surface area contributed by atoms with Gasteiger partial charge in [0.25, 0.3) is 11.9 Å². The molecular weight excluding hydrogens is 560 g/mol. The molecule has 7 heteroatoms. The first-order valence-electron chi connectivity index (χ1n) is 18.5. The maximum absolute atomic E-state index is 5.83. The lowest BCUT2D eigenvalue weighted by atomic mass is 10.1. The molecule has 0 rings (SSSR count). The molecule has 260 valence electrons. The molecule has 0 unspecified atom stereocenters. The third-order valence-electron chi connectivity index (χ3n) is 7.73. The van der Waals surface area contributed by atoms with Crippen molar-refractivity contribution in [3.05, 3.63) is 0 Å². The van der Waals surface area contributed by atoms with Crippen molar-refractivity contribution in [1.82, 2.24) is 0 Å². The van der Waals surface area contributed by atoms with Gasteiger partial charge in [0.15, 0.2) is 0 Å². The summed E-state index contributed by atoms with van der Waals surface area (Å²) in [6, 6.07) is 0. The van der Waals surface area contributed by atoms with E-state index in [9.17, 15) is 0 Å². The fourth-order valence-electron chi connectivity index (χ4n) is 5.67. The molecule has 0 aromatic rings. The van der Waals surface area contributed by atoms with Crippen LogP contribution in [-0.2, 0) is 28.4 Å².